The molecule has 0 atom stereocenters. The van der Waals surface area contributed by atoms with E-state index in [0.717, 1.165) is 69.8 Å². The molecule has 0 bridgehead atoms. The highest BCUT2D eigenvalue weighted by molar-refractivity contribution is 5.78. The van der Waals surface area contributed by atoms with Crippen LogP contribution < -0.4 is 14.4 Å². The summed E-state index contributed by atoms with van der Waals surface area (Å²) in [6, 6.07) is 6.42. The standard InChI is InChI=1S/C28H40N6O3/c1-36-24-9-6-10-25(37-2)28(24)23-19-30-26(20-29-23)33-13-11-31(12-14-33)21-27(35)34-17-15-32(16-18-34)22-7-4-3-5-8-22/h6,9-10,19-20,22H,3-5,7-8,11-18,21H2,1-2H3. The molecule has 1 aromatic carbocycles. The molecule has 0 spiro atoms. The molecule has 9 nitrogen and oxygen atoms in total. The first kappa shape index (κ1) is 25.7. The van der Waals surface area contributed by atoms with Gasteiger partial charge in [-0.15, -0.1) is 0 Å². The van der Waals surface area contributed by atoms with E-state index >= 15 is 0 Å². The van der Waals surface area contributed by atoms with Crippen LogP contribution in [0.5, 0.6) is 11.5 Å². The summed E-state index contributed by atoms with van der Waals surface area (Å²) in [4.78, 5) is 31.5. The van der Waals surface area contributed by atoms with Gasteiger partial charge in [-0.2, -0.15) is 0 Å². The zero-order valence-corrected chi connectivity index (χ0v) is 22.3. The molecule has 2 saturated heterocycles. The van der Waals surface area contributed by atoms with Crippen LogP contribution in [0.15, 0.2) is 30.6 Å². The Hall–Kier alpha value is -2.91. The average molecular weight is 509 g/mol. The largest absolute Gasteiger partial charge is 0.496 e. The van der Waals surface area contributed by atoms with Crippen LogP contribution in [0.25, 0.3) is 11.3 Å². The molecule has 2 aromatic rings. The van der Waals surface area contributed by atoms with Crippen LogP contribution >= 0.6 is 0 Å². The number of benzene rings is 1. The Balaban J connectivity index is 1.10. The molecule has 1 aliphatic carbocycles. The summed E-state index contributed by atoms with van der Waals surface area (Å²) in [6.45, 7) is 7.65. The van der Waals surface area contributed by atoms with E-state index in [4.69, 9.17) is 9.47 Å². The maximum absolute atomic E-state index is 13.0. The van der Waals surface area contributed by atoms with Gasteiger partial charge in [-0.25, -0.2) is 4.98 Å². The number of rotatable bonds is 7. The first-order valence-electron chi connectivity index (χ1n) is 13.7. The molecule has 200 valence electrons. The lowest BCUT2D eigenvalue weighted by Gasteiger charge is -2.41. The van der Waals surface area contributed by atoms with Crippen molar-refractivity contribution in [2.24, 2.45) is 0 Å². The first-order chi connectivity index (χ1) is 18.2. The molecule has 0 unspecified atom stereocenters. The average Bonchev–Trinajstić information content (AvgIpc) is 2.97. The fourth-order valence-electron chi connectivity index (χ4n) is 5.93. The summed E-state index contributed by atoms with van der Waals surface area (Å²) >= 11 is 0. The highest BCUT2D eigenvalue weighted by atomic mass is 16.5. The second-order valence-corrected chi connectivity index (χ2v) is 10.3. The van der Waals surface area contributed by atoms with Crippen LogP contribution in [0, 0.1) is 0 Å². The van der Waals surface area contributed by atoms with E-state index < -0.39 is 0 Å². The zero-order valence-electron chi connectivity index (χ0n) is 22.3. The Morgan fingerprint density at radius 3 is 2.14 bits per heavy atom. The van der Waals surface area contributed by atoms with Crippen molar-refractivity contribution in [3.8, 4) is 22.8 Å². The van der Waals surface area contributed by atoms with Crippen LogP contribution in [-0.4, -0.2) is 110 Å². The van der Waals surface area contributed by atoms with Crippen LogP contribution in [0.2, 0.25) is 0 Å². The van der Waals surface area contributed by atoms with Crippen LogP contribution in [0.1, 0.15) is 32.1 Å². The summed E-state index contributed by atoms with van der Waals surface area (Å²) in [6.07, 6.45) is 10.4. The van der Waals surface area contributed by atoms with Gasteiger partial charge < -0.3 is 19.3 Å². The van der Waals surface area contributed by atoms with Crippen molar-refractivity contribution >= 4 is 11.7 Å². The number of carbonyl (C=O) groups excluding carboxylic acids is 1. The van der Waals surface area contributed by atoms with E-state index in [1.807, 2.05) is 24.4 Å². The molecule has 1 saturated carbocycles. The fourth-order valence-corrected chi connectivity index (χ4v) is 5.93. The lowest BCUT2D eigenvalue weighted by Crippen LogP contribution is -2.55. The fraction of sp³-hybridized carbons (Fsp3) is 0.607. The maximum Gasteiger partial charge on any atom is 0.236 e. The number of piperazine rings is 2. The molecule has 1 aromatic heterocycles. The van der Waals surface area contributed by atoms with Gasteiger partial charge in [0.05, 0.1) is 44.4 Å². The number of carbonyl (C=O) groups is 1. The number of hydrogen-bond acceptors (Lipinski definition) is 8. The van der Waals surface area contributed by atoms with Crippen molar-refractivity contribution in [3.05, 3.63) is 30.6 Å². The monoisotopic (exact) mass is 508 g/mol. The molecule has 9 heteroatoms. The number of nitrogens with zero attached hydrogens (tertiary/aromatic N) is 6. The predicted molar refractivity (Wildman–Crippen MR) is 144 cm³/mol. The third-order valence-electron chi connectivity index (χ3n) is 8.14. The molecule has 37 heavy (non-hydrogen) atoms. The Morgan fingerprint density at radius 1 is 0.865 bits per heavy atom. The van der Waals surface area contributed by atoms with Crippen LogP contribution in [0.4, 0.5) is 5.82 Å². The minimum Gasteiger partial charge on any atom is -0.496 e. The quantitative estimate of drug-likeness (QED) is 0.565. The Kier molecular flexibility index (Phi) is 8.41. The van der Waals surface area contributed by atoms with E-state index in [0.29, 0.717) is 23.7 Å². The van der Waals surface area contributed by atoms with E-state index in [9.17, 15) is 4.79 Å². The number of amides is 1. The second kappa shape index (κ2) is 12.1. The predicted octanol–water partition coefficient (Wildman–Crippen LogP) is 2.76. The summed E-state index contributed by atoms with van der Waals surface area (Å²) in [5.41, 5.74) is 1.51. The smallest absolute Gasteiger partial charge is 0.236 e. The third-order valence-corrected chi connectivity index (χ3v) is 8.14. The minimum atomic E-state index is 0.270. The lowest BCUT2D eigenvalue weighted by molar-refractivity contribution is -0.134. The van der Waals surface area contributed by atoms with Gasteiger partial charge in [-0.05, 0) is 25.0 Å². The molecule has 3 aliphatic rings. The van der Waals surface area contributed by atoms with Gasteiger partial charge in [-0.1, -0.05) is 25.3 Å². The summed E-state index contributed by atoms with van der Waals surface area (Å²) < 4.78 is 11.0. The van der Waals surface area contributed by atoms with Crippen molar-refractivity contribution in [1.29, 1.82) is 0 Å². The number of anilines is 1. The SMILES string of the molecule is COc1cccc(OC)c1-c1cnc(N2CCN(CC(=O)N3CCN(C4CCCCC4)CC3)CC2)cn1. The normalized spacial score (nSPS) is 20.2. The van der Waals surface area contributed by atoms with Gasteiger partial charge in [0.25, 0.3) is 0 Å². The summed E-state index contributed by atoms with van der Waals surface area (Å²) in [5.74, 6) is 2.53. The van der Waals surface area contributed by atoms with E-state index in [1.165, 1.54) is 32.1 Å². The second-order valence-electron chi connectivity index (χ2n) is 10.3. The van der Waals surface area contributed by atoms with Crippen molar-refractivity contribution in [2.75, 3.05) is 78.0 Å². The maximum atomic E-state index is 13.0. The topological polar surface area (TPSA) is 74.3 Å². The van der Waals surface area contributed by atoms with Crippen molar-refractivity contribution in [1.82, 2.24) is 24.7 Å². The molecule has 5 rings (SSSR count). The highest BCUT2D eigenvalue weighted by Crippen LogP contribution is 2.37. The first-order valence-corrected chi connectivity index (χ1v) is 13.7. The van der Waals surface area contributed by atoms with Crippen molar-refractivity contribution < 1.29 is 14.3 Å². The number of aromatic nitrogens is 2. The van der Waals surface area contributed by atoms with Gasteiger partial charge in [-0.3, -0.25) is 19.6 Å². The molecule has 0 radical (unpaired) electrons. The number of ether oxygens (including phenoxy) is 2. The van der Waals surface area contributed by atoms with Crippen LogP contribution in [0.3, 0.4) is 0 Å². The molecule has 0 N–H and O–H groups in total. The molecule has 2 aliphatic heterocycles. The highest BCUT2D eigenvalue weighted by Gasteiger charge is 2.28. The van der Waals surface area contributed by atoms with E-state index in [1.54, 1.807) is 20.4 Å². The van der Waals surface area contributed by atoms with Crippen LogP contribution in [-0.2, 0) is 4.79 Å². The van der Waals surface area contributed by atoms with Crippen molar-refractivity contribution in [2.45, 2.75) is 38.1 Å². The molecule has 1 amide bonds. The number of hydrogen-bond donors (Lipinski definition) is 0. The molecular weight excluding hydrogens is 468 g/mol. The van der Waals surface area contributed by atoms with E-state index in [2.05, 4.69) is 29.6 Å². The summed E-state index contributed by atoms with van der Waals surface area (Å²) in [5, 5.41) is 0. The van der Waals surface area contributed by atoms with Gasteiger partial charge in [0.1, 0.15) is 17.3 Å². The minimum absolute atomic E-state index is 0.270. The Bertz CT molecular complexity index is 1000. The molecule has 3 heterocycles. The van der Waals surface area contributed by atoms with Gasteiger partial charge in [0, 0.05) is 58.4 Å². The molecular formula is C28H40N6O3. The zero-order chi connectivity index (χ0) is 25.6. The number of methoxy groups -OCH3 is 2. The Morgan fingerprint density at radius 2 is 1.54 bits per heavy atom. The van der Waals surface area contributed by atoms with Gasteiger partial charge in [0.2, 0.25) is 5.91 Å². The van der Waals surface area contributed by atoms with Gasteiger partial charge in [0.15, 0.2) is 0 Å². The summed E-state index contributed by atoms with van der Waals surface area (Å²) in [7, 11) is 3.28. The molecule has 3 fully saturated rings. The Labute approximate surface area is 220 Å². The van der Waals surface area contributed by atoms with Gasteiger partial charge >= 0.3 is 0 Å². The van der Waals surface area contributed by atoms with E-state index in [-0.39, 0.29) is 5.91 Å². The lowest BCUT2D eigenvalue weighted by atomic mass is 9.94. The third kappa shape index (κ3) is 5.99. The van der Waals surface area contributed by atoms with Crippen molar-refractivity contribution in [3.63, 3.8) is 0 Å².